The second-order valence-electron chi connectivity index (χ2n) is 9.53. The van der Waals surface area contributed by atoms with Gasteiger partial charge < -0.3 is 19.7 Å². The number of Topliss-reactive ketones (excluding diaryl/α,β-unsaturated/α-hetero) is 2. The summed E-state index contributed by atoms with van der Waals surface area (Å²) in [6.45, 7) is 6.66. The van der Waals surface area contributed by atoms with Gasteiger partial charge in [0.15, 0.2) is 18.2 Å². The van der Waals surface area contributed by atoms with Gasteiger partial charge in [0, 0.05) is 19.4 Å². The van der Waals surface area contributed by atoms with E-state index in [9.17, 15) is 24.0 Å². The number of carbonyl (C=O) groups is 5. The highest BCUT2D eigenvalue weighted by Gasteiger charge is 2.43. The van der Waals surface area contributed by atoms with Crippen molar-refractivity contribution in [2.45, 2.75) is 44.7 Å². The first-order valence-corrected chi connectivity index (χ1v) is 12.3. The molecule has 0 saturated carbocycles. The predicted molar refractivity (Wildman–Crippen MR) is 135 cm³/mol. The van der Waals surface area contributed by atoms with Crippen LogP contribution in [-0.4, -0.2) is 66.8 Å². The first-order chi connectivity index (χ1) is 17.6. The van der Waals surface area contributed by atoms with E-state index in [0.29, 0.717) is 19.4 Å². The average molecular weight is 510 g/mol. The molecule has 197 valence electrons. The first-order valence-electron chi connectivity index (χ1n) is 12.3. The molecular weight excluding hydrogens is 476 g/mol. The molecule has 1 aliphatic carbocycles. The van der Waals surface area contributed by atoms with Gasteiger partial charge in [-0.2, -0.15) is 0 Å². The third-order valence-corrected chi connectivity index (χ3v) is 6.79. The minimum absolute atomic E-state index is 0.102. The molecule has 1 N–H and O–H groups in total. The van der Waals surface area contributed by atoms with Crippen LogP contribution in [0.1, 0.15) is 38.2 Å². The Bertz CT molecular complexity index is 1080. The van der Waals surface area contributed by atoms with Crippen LogP contribution < -0.4 is 5.32 Å². The summed E-state index contributed by atoms with van der Waals surface area (Å²) in [5.74, 6) is -2.77. The zero-order chi connectivity index (χ0) is 27.2. The fraction of sp³-hybridized carbons (Fsp3) is 0.429. The van der Waals surface area contributed by atoms with Crippen molar-refractivity contribution in [2.75, 3.05) is 20.3 Å². The molecule has 9 nitrogen and oxygen atoms in total. The van der Waals surface area contributed by atoms with Gasteiger partial charge in [0.05, 0.1) is 7.11 Å². The van der Waals surface area contributed by atoms with Crippen molar-refractivity contribution in [3.8, 4) is 0 Å². The van der Waals surface area contributed by atoms with Gasteiger partial charge in [-0.3, -0.25) is 14.4 Å². The Morgan fingerprint density at radius 1 is 1.11 bits per heavy atom. The third-order valence-electron chi connectivity index (χ3n) is 6.79. The van der Waals surface area contributed by atoms with Gasteiger partial charge in [0.25, 0.3) is 0 Å². The molecule has 0 unspecified atom stereocenters. The number of likely N-dealkylation sites (tertiary alicyclic amines) is 1. The van der Waals surface area contributed by atoms with E-state index in [0.717, 1.165) is 5.56 Å². The lowest BCUT2D eigenvalue weighted by Gasteiger charge is -2.30. The Hall–Kier alpha value is -3.75. The van der Waals surface area contributed by atoms with Crippen molar-refractivity contribution in [1.29, 1.82) is 0 Å². The summed E-state index contributed by atoms with van der Waals surface area (Å²) < 4.78 is 9.92. The summed E-state index contributed by atoms with van der Waals surface area (Å²) in [6.07, 6.45) is 6.71. The molecular formula is C28H33N2O7. The smallest absolute Gasteiger partial charge is 0.407 e. The van der Waals surface area contributed by atoms with Crippen LogP contribution in [0, 0.1) is 18.3 Å². The van der Waals surface area contributed by atoms with E-state index in [-0.39, 0.29) is 11.8 Å². The molecule has 1 heterocycles. The van der Waals surface area contributed by atoms with Gasteiger partial charge in [-0.1, -0.05) is 68.5 Å². The van der Waals surface area contributed by atoms with Crippen molar-refractivity contribution in [1.82, 2.24) is 10.2 Å². The maximum Gasteiger partial charge on any atom is 0.407 e. The fourth-order valence-corrected chi connectivity index (χ4v) is 4.56. The van der Waals surface area contributed by atoms with Crippen LogP contribution in [0.5, 0.6) is 0 Å². The monoisotopic (exact) mass is 509 g/mol. The Balaban J connectivity index is 1.67. The average Bonchev–Trinajstić information content (AvgIpc) is 3.40. The van der Waals surface area contributed by atoms with Crippen molar-refractivity contribution in [3.05, 3.63) is 67.1 Å². The Morgan fingerprint density at radius 3 is 2.32 bits per heavy atom. The minimum atomic E-state index is -1.62. The van der Waals surface area contributed by atoms with Gasteiger partial charge in [-0.25, -0.2) is 9.59 Å². The van der Waals surface area contributed by atoms with E-state index in [1.807, 2.05) is 30.3 Å². The van der Waals surface area contributed by atoms with Crippen LogP contribution in [0.2, 0.25) is 0 Å². The number of methoxy groups -OCH3 is 1. The van der Waals surface area contributed by atoms with Crippen LogP contribution in [0.15, 0.2) is 54.6 Å². The van der Waals surface area contributed by atoms with E-state index in [1.165, 1.54) is 24.2 Å². The number of carbonyl (C=O) groups excluding carboxylic acids is 5. The van der Waals surface area contributed by atoms with Crippen molar-refractivity contribution < 1.29 is 33.4 Å². The highest BCUT2D eigenvalue weighted by atomic mass is 16.5. The second-order valence-corrected chi connectivity index (χ2v) is 9.53. The SMILES string of the molecule is [CH2]C(=O)C1(C(=O)COC(=O)[C@@H]2CCCN2C(=O)[C@@H](NC(=O)OC)C(C)C)C=CC(c2ccccc2)C=C1. The van der Waals surface area contributed by atoms with Gasteiger partial charge in [-0.05, 0) is 24.3 Å². The Morgan fingerprint density at radius 2 is 1.76 bits per heavy atom. The molecule has 0 spiro atoms. The van der Waals surface area contributed by atoms with Gasteiger partial charge in [0.2, 0.25) is 5.91 Å². The number of amides is 2. The molecule has 1 aliphatic heterocycles. The summed E-state index contributed by atoms with van der Waals surface area (Å²) in [5.41, 5.74) is -0.615. The first kappa shape index (κ1) is 27.8. The van der Waals surface area contributed by atoms with Crippen LogP contribution >= 0.6 is 0 Å². The maximum absolute atomic E-state index is 13.1. The fourth-order valence-electron chi connectivity index (χ4n) is 4.56. The molecule has 1 fully saturated rings. The number of rotatable bonds is 9. The lowest BCUT2D eigenvalue weighted by Crippen LogP contribution is -2.54. The molecule has 1 saturated heterocycles. The van der Waals surface area contributed by atoms with Gasteiger partial charge in [-0.15, -0.1) is 0 Å². The molecule has 0 aromatic heterocycles. The lowest BCUT2D eigenvalue weighted by molar-refractivity contribution is -0.157. The molecule has 3 rings (SSSR count). The predicted octanol–water partition coefficient (Wildman–Crippen LogP) is 2.77. The Labute approximate surface area is 216 Å². The molecule has 9 heteroatoms. The largest absolute Gasteiger partial charge is 0.456 e. The molecule has 1 aromatic rings. The number of nitrogens with one attached hydrogen (secondary N) is 1. The number of benzene rings is 1. The topological polar surface area (TPSA) is 119 Å². The normalized spacial score (nSPS) is 23.4. The van der Waals surface area contributed by atoms with Gasteiger partial charge in [0.1, 0.15) is 17.5 Å². The molecule has 0 bridgehead atoms. The Kier molecular flexibility index (Phi) is 9.02. The van der Waals surface area contributed by atoms with Crippen molar-refractivity contribution in [3.63, 3.8) is 0 Å². The molecule has 2 amide bonds. The number of ether oxygens (including phenoxy) is 2. The summed E-state index contributed by atoms with van der Waals surface area (Å²) in [5, 5.41) is 2.51. The van der Waals surface area contributed by atoms with E-state index in [1.54, 1.807) is 26.0 Å². The second kappa shape index (κ2) is 12.0. The molecule has 2 atom stereocenters. The zero-order valence-corrected chi connectivity index (χ0v) is 21.3. The van der Waals surface area contributed by atoms with Crippen LogP contribution in [0.3, 0.4) is 0 Å². The molecule has 1 aromatic carbocycles. The maximum atomic E-state index is 13.1. The number of alkyl carbamates (subject to hydrolysis) is 1. The van der Waals surface area contributed by atoms with E-state index in [4.69, 9.17) is 4.74 Å². The number of nitrogens with zero attached hydrogens (tertiary/aromatic N) is 1. The highest BCUT2D eigenvalue weighted by molar-refractivity contribution is 6.13. The number of esters is 1. The van der Waals surface area contributed by atoms with Crippen LogP contribution in [0.4, 0.5) is 4.79 Å². The van der Waals surface area contributed by atoms with E-state index in [2.05, 4.69) is 17.0 Å². The summed E-state index contributed by atoms with van der Waals surface area (Å²) >= 11 is 0. The summed E-state index contributed by atoms with van der Waals surface area (Å²) in [6, 6.07) is 7.82. The lowest BCUT2D eigenvalue weighted by atomic mass is 9.74. The quantitative estimate of drug-likeness (QED) is 0.309. The number of hydrogen-bond donors (Lipinski definition) is 1. The van der Waals surface area contributed by atoms with Crippen LogP contribution in [0.25, 0.3) is 0 Å². The zero-order valence-electron chi connectivity index (χ0n) is 21.3. The number of allylic oxidation sites excluding steroid dienone is 4. The third kappa shape index (κ3) is 6.15. The number of ketones is 2. The summed E-state index contributed by atoms with van der Waals surface area (Å²) in [4.78, 5) is 64.6. The molecule has 2 aliphatic rings. The van der Waals surface area contributed by atoms with E-state index < -0.39 is 53.6 Å². The van der Waals surface area contributed by atoms with Gasteiger partial charge >= 0.3 is 12.1 Å². The van der Waals surface area contributed by atoms with Crippen molar-refractivity contribution >= 4 is 29.5 Å². The highest BCUT2D eigenvalue weighted by Crippen LogP contribution is 2.34. The summed E-state index contributed by atoms with van der Waals surface area (Å²) in [7, 11) is 1.20. The van der Waals surface area contributed by atoms with Crippen molar-refractivity contribution in [2.24, 2.45) is 11.3 Å². The number of hydrogen-bond acceptors (Lipinski definition) is 7. The van der Waals surface area contributed by atoms with E-state index >= 15 is 0 Å². The van der Waals surface area contributed by atoms with Crippen LogP contribution in [-0.2, 0) is 28.7 Å². The standard InChI is InChI=1S/C28H33N2O7/c1-18(2)24(29-27(35)36-4)25(33)30-16-8-11-22(30)26(34)37-17-23(32)28(19(3)31)14-12-21(13-15-28)20-9-6-5-7-10-20/h5-7,9-10,12-15,18,21-22,24H,3,8,11,16-17H2,1-2,4H3,(H,29,35)/t21?,22-,24-,28?/m0/s1. The molecule has 1 radical (unpaired) electrons. The molecule has 37 heavy (non-hydrogen) atoms. The minimum Gasteiger partial charge on any atom is -0.456 e.